The number of nitrogens with zero attached hydrogens (tertiary/aromatic N) is 1. The summed E-state index contributed by atoms with van der Waals surface area (Å²) < 4.78 is 32.5. The Morgan fingerprint density at radius 1 is 1.40 bits per heavy atom. The second-order valence-electron chi connectivity index (χ2n) is 4.98. The predicted octanol–water partition coefficient (Wildman–Crippen LogP) is 0.00650. The maximum absolute atomic E-state index is 12.2. The lowest BCUT2D eigenvalue weighted by Crippen LogP contribution is -2.36. The first-order chi connectivity index (χ1) is 9.51. The van der Waals surface area contributed by atoms with E-state index in [1.807, 2.05) is 7.05 Å². The van der Waals surface area contributed by atoms with E-state index in [0.717, 1.165) is 19.5 Å². The minimum absolute atomic E-state index is 0.0156. The zero-order valence-corrected chi connectivity index (χ0v) is 12.4. The number of hydrogen-bond donors (Lipinski definition) is 2. The van der Waals surface area contributed by atoms with Gasteiger partial charge in [0.25, 0.3) is 0 Å². The van der Waals surface area contributed by atoms with Crippen molar-refractivity contribution in [2.24, 2.45) is 5.73 Å². The van der Waals surface area contributed by atoms with Crippen LogP contribution in [0.5, 0.6) is 5.75 Å². The van der Waals surface area contributed by atoms with E-state index in [2.05, 4.69) is 9.62 Å². The van der Waals surface area contributed by atoms with Crippen molar-refractivity contribution in [2.75, 3.05) is 33.3 Å². The first-order valence-corrected chi connectivity index (χ1v) is 8.13. The Balaban J connectivity index is 2.01. The van der Waals surface area contributed by atoms with Crippen LogP contribution in [-0.4, -0.2) is 52.6 Å². The molecule has 0 bridgehead atoms. The number of nitrogens with two attached hydrogens (primary N) is 1. The van der Waals surface area contributed by atoms with Crippen molar-refractivity contribution in [3.8, 4) is 5.75 Å². The summed E-state index contributed by atoms with van der Waals surface area (Å²) in [6, 6.07) is 6.37. The van der Waals surface area contributed by atoms with Crippen LogP contribution in [0.2, 0.25) is 0 Å². The van der Waals surface area contributed by atoms with Gasteiger partial charge in [-0.05, 0) is 44.3 Å². The molecule has 1 saturated heterocycles. The molecule has 1 aromatic rings. The highest BCUT2D eigenvalue weighted by Gasteiger charge is 2.25. The molecule has 1 aliphatic heterocycles. The van der Waals surface area contributed by atoms with Gasteiger partial charge in [0, 0.05) is 19.1 Å². The molecule has 1 unspecified atom stereocenters. The van der Waals surface area contributed by atoms with Crippen molar-refractivity contribution in [2.45, 2.75) is 17.4 Å². The quantitative estimate of drug-likeness (QED) is 0.773. The van der Waals surface area contributed by atoms with Gasteiger partial charge in [-0.3, -0.25) is 0 Å². The molecular formula is C13H21N3O3S. The Morgan fingerprint density at radius 2 is 2.10 bits per heavy atom. The van der Waals surface area contributed by atoms with Crippen LogP contribution < -0.4 is 15.2 Å². The molecule has 7 heteroatoms. The van der Waals surface area contributed by atoms with Crippen molar-refractivity contribution in [1.82, 2.24) is 9.62 Å². The lowest BCUT2D eigenvalue weighted by atomic mass is 10.3. The Kier molecular flexibility index (Phi) is 4.98. The molecule has 1 aromatic carbocycles. The maximum Gasteiger partial charge on any atom is 0.240 e. The van der Waals surface area contributed by atoms with Crippen molar-refractivity contribution >= 4 is 10.0 Å². The third-order valence-electron chi connectivity index (χ3n) is 3.23. The third kappa shape index (κ3) is 3.92. The molecule has 1 aliphatic rings. The normalized spacial score (nSPS) is 20.2. The topological polar surface area (TPSA) is 84.7 Å². The van der Waals surface area contributed by atoms with Crippen molar-refractivity contribution in [1.29, 1.82) is 0 Å². The molecule has 1 fully saturated rings. The third-order valence-corrected chi connectivity index (χ3v) is 4.77. The summed E-state index contributed by atoms with van der Waals surface area (Å²) in [7, 11) is -1.48. The standard InChI is InChI=1S/C13H21N3O3S/c1-16-8-6-11(10-16)15-20(17,18)13-4-2-12(3-5-13)19-9-7-14/h2-5,11,15H,6-10,14H2,1H3. The lowest BCUT2D eigenvalue weighted by Gasteiger charge is -2.13. The van der Waals surface area contributed by atoms with Gasteiger partial charge in [0.1, 0.15) is 12.4 Å². The highest BCUT2D eigenvalue weighted by Crippen LogP contribution is 2.17. The Hall–Kier alpha value is -1.15. The van der Waals surface area contributed by atoms with Gasteiger partial charge in [-0.1, -0.05) is 0 Å². The number of benzene rings is 1. The molecule has 20 heavy (non-hydrogen) atoms. The van der Waals surface area contributed by atoms with Crippen LogP contribution >= 0.6 is 0 Å². The molecular weight excluding hydrogens is 278 g/mol. The van der Waals surface area contributed by atoms with Gasteiger partial charge < -0.3 is 15.4 Å². The Bertz CT molecular complexity index is 530. The van der Waals surface area contributed by atoms with Gasteiger partial charge in [0.05, 0.1) is 4.90 Å². The van der Waals surface area contributed by atoms with Crippen molar-refractivity contribution < 1.29 is 13.2 Å². The zero-order chi connectivity index (χ0) is 14.6. The van der Waals surface area contributed by atoms with Gasteiger partial charge in [-0.15, -0.1) is 0 Å². The predicted molar refractivity (Wildman–Crippen MR) is 77.2 cm³/mol. The smallest absolute Gasteiger partial charge is 0.240 e. The molecule has 0 aromatic heterocycles. The molecule has 1 heterocycles. The number of rotatable bonds is 6. The van der Waals surface area contributed by atoms with Gasteiger partial charge in [0.15, 0.2) is 0 Å². The van der Waals surface area contributed by atoms with Crippen molar-refractivity contribution in [3.05, 3.63) is 24.3 Å². The number of likely N-dealkylation sites (N-methyl/N-ethyl adjacent to an activating group) is 1. The largest absolute Gasteiger partial charge is 0.492 e. The van der Waals surface area contributed by atoms with E-state index < -0.39 is 10.0 Å². The number of likely N-dealkylation sites (tertiary alicyclic amines) is 1. The highest BCUT2D eigenvalue weighted by molar-refractivity contribution is 7.89. The molecule has 0 saturated carbocycles. The first-order valence-electron chi connectivity index (χ1n) is 6.65. The lowest BCUT2D eigenvalue weighted by molar-refractivity contribution is 0.328. The molecule has 0 spiro atoms. The summed E-state index contributed by atoms with van der Waals surface area (Å²) >= 11 is 0. The SMILES string of the molecule is CN1CCC(NS(=O)(=O)c2ccc(OCCN)cc2)C1. The van der Waals surface area contributed by atoms with Crippen LogP contribution in [0.15, 0.2) is 29.2 Å². The fraction of sp³-hybridized carbons (Fsp3) is 0.538. The van der Waals surface area contributed by atoms with E-state index in [4.69, 9.17) is 10.5 Å². The molecule has 0 radical (unpaired) electrons. The molecule has 112 valence electrons. The summed E-state index contributed by atoms with van der Waals surface area (Å²) in [5.74, 6) is 0.620. The fourth-order valence-corrected chi connectivity index (χ4v) is 3.47. The van der Waals surface area contributed by atoms with E-state index >= 15 is 0 Å². The van der Waals surface area contributed by atoms with Gasteiger partial charge in [-0.2, -0.15) is 0 Å². The van der Waals surface area contributed by atoms with Gasteiger partial charge in [0.2, 0.25) is 10.0 Å². The molecule has 2 rings (SSSR count). The highest BCUT2D eigenvalue weighted by atomic mass is 32.2. The van der Waals surface area contributed by atoms with Gasteiger partial charge >= 0.3 is 0 Å². The summed E-state index contributed by atoms with van der Waals surface area (Å²) in [6.07, 6.45) is 0.841. The monoisotopic (exact) mass is 299 g/mol. The van der Waals surface area contributed by atoms with Crippen LogP contribution in [0.4, 0.5) is 0 Å². The fourth-order valence-electron chi connectivity index (χ4n) is 2.21. The van der Waals surface area contributed by atoms with E-state index in [1.54, 1.807) is 24.3 Å². The minimum atomic E-state index is -3.46. The summed E-state index contributed by atoms with van der Waals surface area (Å²) in [5.41, 5.74) is 5.34. The molecule has 0 amide bonds. The Labute approximate surface area is 120 Å². The first kappa shape index (κ1) is 15.2. The average Bonchev–Trinajstić information content (AvgIpc) is 2.81. The average molecular weight is 299 g/mol. The summed E-state index contributed by atoms with van der Waals surface area (Å²) in [6.45, 7) is 2.51. The second kappa shape index (κ2) is 6.53. The number of nitrogens with one attached hydrogen (secondary N) is 1. The van der Waals surface area contributed by atoms with Gasteiger partial charge in [-0.25, -0.2) is 13.1 Å². The van der Waals surface area contributed by atoms with Crippen LogP contribution in [0.3, 0.4) is 0 Å². The van der Waals surface area contributed by atoms with E-state index in [1.165, 1.54) is 0 Å². The van der Waals surface area contributed by atoms with E-state index in [9.17, 15) is 8.42 Å². The number of hydrogen-bond acceptors (Lipinski definition) is 5. The Morgan fingerprint density at radius 3 is 2.65 bits per heavy atom. The summed E-state index contributed by atoms with van der Waals surface area (Å²) in [5, 5.41) is 0. The molecule has 6 nitrogen and oxygen atoms in total. The minimum Gasteiger partial charge on any atom is -0.492 e. The summed E-state index contributed by atoms with van der Waals surface area (Å²) in [4.78, 5) is 2.36. The van der Waals surface area contributed by atoms with Crippen LogP contribution in [0.1, 0.15) is 6.42 Å². The molecule has 3 N–H and O–H groups in total. The van der Waals surface area contributed by atoms with Crippen LogP contribution in [0.25, 0.3) is 0 Å². The number of ether oxygens (including phenoxy) is 1. The van der Waals surface area contributed by atoms with Crippen molar-refractivity contribution in [3.63, 3.8) is 0 Å². The molecule has 0 aliphatic carbocycles. The molecule has 1 atom stereocenters. The maximum atomic E-state index is 12.2. The number of sulfonamides is 1. The second-order valence-corrected chi connectivity index (χ2v) is 6.69. The zero-order valence-electron chi connectivity index (χ0n) is 11.6. The van der Waals surface area contributed by atoms with Crippen LogP contribution in [-0.2, 0) is 10.0 Å². The van der Waals surface area contributed by atoms with E-state index in [-0.39, 0.29) is 10.9 Å². The van der Waals surface area contributed by atoms with Crippen LogP contribution in [0, 0.1) is 0 Å². The van der Waals surface area contributed by atoms with E-state index in [0.29, 0.717) is 18.9 Å².